The molecule has 1 unspecified atom stereocenters. The van der Waals surface area contributed by atoms with Crippen molar-refractivity contribution in [1.29, 1.82) is 0 Å². The number of nitrogens with two attached hydrogens (primary N) is 1. The molecule has 0 bridgehead atoms. The number of hydrogen-bond acceptors (Lipinski definition) is 3. The zero-order valence-corrected chi connectivity index (χ0v) is 12.8. The van der Waals surface area contributed by atoms with E-state index in [1.807, 2.05) is 24.3 Å². The van der Waals surface area contributed by atoms with E-state index in [-0.39, 0.29) is 6.04 Å². The minimum absolute atomic E-state index is 0.183. The molecule has 0 aliphatic heterocycles. The molecule has 5 heteroatoms. The Kier molecular flexibility index (Phi) is 3.96. The lowest BCUT2D eigenvalue weighted by molar-refractivity contribution is 0.642. The van der Waals surface area contributed by atoms with Crippen LogP contribution in [-0.2, 0) is 0 Å². The number of rotatable bonds is 3. The van der Waals surface area contributed by atoms with Gasteiger partial charge in [-0.3, -0.25) is 5.84 Å². The fourth-order valence-electron chi connectivity index (χ4n) is 2.31. The molecule has 0 aliphatic rings. The molecule has 0 spiro atoms. The van der Waals surface area contributed by atoms with E-state index in [0.29, 0.717) is 10.0 Å². The van der Waals surface area contributed by atoms with Crippen LogP contribution in [-0.4, -0.2) is 0 Å². The molecule has 0 aliphatic carbocycles. The lowest BCUT2D eigenvalue weighted by Crippen LogP contribution is -2.28. The van der Waals surface area contributed by atoms with Crippen LogP contribution < -0.4 is 11.3 Å². The number of fused-ring (bicyclic) bond motifs is 1. The van der Waals surface area contributed by atoms with Gasteiger partial charge in [0.15, 0.2) is 0 Å². The minimum Gasteiger partial charge on any atom is -0.271 e. The monoisotopic (exact) mass is 322 g/mol. The second kappa shape index (κ2) is 5.72. The molecule has 2 nitrogen and oxygen atoms in total. The molecule has 2 aromatic carbocycles. The minimum atomic E-state index is -0.183. The Morgan fingerprint density at radius 1 is 1.00 bits per heavy atom. The summed E-state index contributed by atoms with van der Waals surface area (Å²) >= 11 is 14.1. The lowest BCUT2D eigenvalue weighted by Gasteiger charge is -2.18. The second-order valence-corrected chi connectivity index (χ2v) is 6.13. The first-order valence-corrected chi connectivity index (χ1v) is 7.72. The average Bonchev–Trinajstić information content (AvgIpc) is 2.88. The molecule has 1 aromatic heterocycles. The standard InChI is InChI=1S/C15H12Cl2N2S/c16-12-6-3-5-10(14(12)17)15(19-18)11-8-20-13-7-2-1-4-9(11)13/h1-8,15,19H,18H2. The average molecular weight is 323 g/mol. The van der Waals surface area contributed by atoms with Crippen molar-refractivity contribution >= 4 is 44.6 Å². The quantitative estimate of drug-likeness (QED) is 0.539. The number of hydrogen-bond donors (Lipinski definition) is 2. The number of benzene rings is 2. The van der Waals surface area contributed by atoms with Crippen LogP contribution in [0.4, 0.5) is 0 Å². The number of halogens is 2. The third-order valence-corrected chi connectivity index (χ3v) is 5.10. The maximum atomic E-state index is 6.31. The van der Waals surface area contributed by atoms with Crippen molar-refractivity contribution < 1.29 is 0 Å². The maximum Gasteiger partial charge on any atom is 0.0739 e. The van der Waals surface area contributed by atoms with Crippen molar-refractivity contribution in [2.45, 2.75) is 6.04 Å². The Labute approximate surface area is 131 Å². The third-order valence-electron chi connectivity index (χ3n) is 3.28. The summed E-state index contributed by atoms with van der Waals surface area (Å²) in [5.41, 5.74) is 4.83. The van der Waals surface area contributed by atoms with Gasteiger partial charge in [-0.2, -0.15) is 0 Å². The van der Waals surface area contributed by atoms with Gasteiger partial charge < -0.3 is 0 Å². The molecule has 0 saturated heterocycles. The van der Waals surface area contributed by atoms with E-state index in [4.69, 9.17) is 29.0 Å². The first-order chi connectivity index (χ1) is 9.72. The Hall–Kier alpha value is -1.10. The summed E-state index contributed by atoms with van der Waals surface area (Å²) < 4.78 is 1.22. The van der Waals surface area contributed by atoms with Crippen molar-refractivity contribution in [1.82, 2.24) is 5.43 Å². The van der Waals surface area contributed by atoms with E-state index in [1.54, 1.807) is 17.4 Å². The van der Waals surface area contributed by atoms with Gasteiger partial charge in [-0.25, -0.2) is 5.43 Å². The van der Waals surface area contributed by atoms with Crippen LogP contribution >= 0.6 is 34.5 Å². The van der Waals surface area contributed by atoms with E-state index in [9.17, 15) is 0 Å². The highest BCUT2D eigenvalue weighted by Crippen LogP contribution is 2.37. The van der Waals surface area contributed by atoms with Crippen molar-refractivity contribution in [3.05, 3.63) is 69.0 Å². The van der Waals surface area contributed by atoms with Gasteiger partial charge in [-0.05, 0) is 34.0 Å². The van der Waals surface area contributed by atoms with Crippen molar-refractivity contribution in [3.63, 3.8) is 0 Å². The third kappa shape index (κ3) is 2.32. The zero-order valence-electron chi connectivity index (χ0n) is 10.4. The number of nitrogens with one attached hydrogen (secondary N) is 1. The molecule has 3 aromatic rings. The van der Waals surface area contributed by atoms with Crippen LogP contribution in [0.15, 0.2) is 47.8 Å². The van der Waals surface area contributed by atoms with Crippen molar-refractivity contribution in [2.24, 2.45) is 5.84 Å². The summed E-state index contributed by atoms with van der Waals surface area (Å²) in [5, 5.41) is 4.35. The number of thiophene rings is 1. The van der Waals surface area contributed by atoms with Crippen LogP contribution in [0.5, 0.6) is 0 Å². The zero-order chi connectivity index (χ0) is 14.1. The van der Waals surface area contributed by atoms with Gasteiger partial charge in [0.1, 0.15) is 0 Å². The molecule has 1 atom stereocenters. The molecular weight excluding hydrogens is 311 g/mol. The van der Waals surface area contributed by atoms with E-state index in [1.165, 1.54) is 10.1 Å². The first kappa shape index (κ1) is 13.9. The Bertz CT molecular complexity index is 754. The fourth-order valence-corrected chi connectivity index (χ4v) is 3.72. The van der Waals surface area contributed by atoms with Crippen LogP contribution in [0, 0.1) is 0 Å². The van der Waals surface area contributed by atoms with E-state index in [0.717, 1.165) is 11.1 Å². The van der Waals surface area contributed by atoms with Gasteiger partial charge in [0.25, 0.3) is 0 Å². The highest BCUT2D eigenvalue weighted by molar-refractivity contribution is 7.17. The van der Waals surface area contributed by atoms with Crippen molar-refractivity contribution in [3.8, 4) is 0 Å². The smallest absolute Gasteiger partial charge is 0.0739 e. The molecule has 3 rings (SSSR count). The van der Waals surface area contributed by atoms with E-state index >= 15 is 0 Å². The largest absolute Gasteiger partial charge is 0.271 e. The van der Waals surface area contributed by atoms with Gasteiger partial charge in [-0.1, -0.05) is 53.5 Å². The summed E-state index contributed by atoms with van der Waals surface area (Å²) in [6.07, 6.45) is 0. The second-order valence-electron chi connectivity index (χ2n) is 4.43. The molecule has 0 saturated carbocycles. The Morgan fingerprint density at radius 3 is 2.60 bits per heavy atom. The Morgan fingerprint density at radius 2 is 1.80 bits per heavy atom. The summed E-state index contributed by atoms with van der Waals surface area (Å²) in [7, 11) is 0. The van der Waals surface area contributed by atoms with Crippen molar-refractivity contribution in [2.75, 3.05) is 0 Å². The molecule has 0 amide bonds. The predicted octanol–water partition coefficient (Wildman–Crippen LogP) is 4.76. The van der Waals surface area contributed by atoms with Gasteiger partial charge in [0, 0.05) is 4.70 Å². The molecule has 1 heterocycles. The highest BCUT2D eigenvalue weighted by atomic mass is 35.5. The summed E-state index contributed by atoms with van der Waals surface area (Å²) in [6, 6.07) is 13.6. The first-order valence-electron chi connectivity index (χ1n) is 6.08. The number of hydrazine groups is 1. The molecule has 0 fully saturated rings. The molecular formula is C15H12Cl2N2S. The topological polar surface area (TPSA) is 38.0 Å². The normalized spacial score (nSPS) is 12.8. The molecule has 3 N–H and O–H groups in total. The highest BCUT2D eigenvalue weighted by Gasteiger charge is 2.20. The summed E-state index contributed by atoms with van der Waals surface area (Å²) in [4.78, 5) is 0. The maximum absolute atomic E-state index is 6.31. The lowest BCUT2D eigenvalue weighted by atomic mass is 9.99. The Balaban J connectivity index is 2.17. The van der Waals surface area contributed by atoms with E-state index in [2.05, 4.69) is 22.9 Å². The van der Waals surface area contributed by atoms with Crippen LogP contribution in [0.2, 0.25) is 10.0 Å². The van der Waals surface area contributed by atoms with Crippen LogP contribution in [0.3, 0.4) is 0 Å². The summed E-state index contributed by atoms with van der Waals surface area (Å²) in [5.74, 6) is 5.76. The summed E-state index contributed by atoms with van der Waals surface area (Å²) in [6.45, 7) is 0. The van der Waals surface area contributed by atoms with Gasteiger partial charge in [0.05, 0.1) is 16.1 Å². The van der Waals surface area contributed by atoms with Crippen LogP contribution in [0.25, 0.3) is 10.1 Å². The van der Waals surface area contributed by atoms with E-state index < -0.39 is 0 Å². The van der Waals surface area contributed by atoms with Gasteiger partial charge in [-0.15, -0.1) is 11.3 Å². The SMILES string of the molecule is NNC(c1cccc(Cl)c1Cl)c1csc2ccccc12. The van der Waals surface area contributed by atoms with Crippen LogP contribution in [0.1, 0.15) is 17.2 Å². The van der Waals surface area contributed by atoms with Gasteiger partial charge in [0.2, 0.25) is 0 Å². The molecule has 20 heavy (non-hydrogen) atoms. The predicted molar refractivity (Wildman–Crippen MR) is 87.5 cm³/mol. The molecule has 102 valence electrons. The molecule has 0 radical (unpaired) electrons. The fraction of sp³-hybridized carbons (Fsp3) is 0.0667. The van der Waals surface area contributed by atoms with Gasteiger partial charge >= 0.3 is 0 Å².